The summed E-state index contributed by atoms with van der Waals surface area (Å²) >= 11 is 0. The number of carbonyl (C=O) groups excluding carboxylic acids is 1. The fourth-order valence-electron chi connectivity index (χ4n) is 1.67. The Balaban J connectivity index is 3.17. The van der Waals surface area contributed by atoms with Crippen molar-refractivity contribution in [2.75, 3.05) is 14.2 Å². The fourth-order valence-corrected chi connectivity index (χ4v) is 1.67. The number of benzene rings is 1. The highest BCUT2D eigenvalue weighted by molar-refractivity contribution is 5.83. The van der Waals surface area contributed by atoms with Crippen molar-refractivity contribution in [1.82, 2.24) is 5.32 Å². The Kier molecular flexibility index (Phi) is 3.90. The van der Waals surface area contributed by atoms with Crippen molar-refractivity contribution in [3.05, 3.63) is 28.8 Å². The molecule has 0 aliphatic rings. The fraction of sp³-hybridized carbons (Fsp3) is 0.417. The highest BCUT2D eigenvalue weighted by Crippen LogP contribution is 2.26. The van der Waals surface area contributed by atoms with Crippen molar-refractivity contribution in [2.24, 2.45) is 5.73 Å². The van der Waals surface area contributed by atoms with Crippen molar-refractivity contribution in [3.8, 4) is 5.75 Å². The third-order valence-corrected chi connectivity index (χ3v) is 2.86. The number of amides is 1. The van der Waals surface area contributed by atoms with Crippen LogP contribution in [0, 0.1) is 13.8 Å². The second kappa shape index (κ2) is 4.99. The molecule has 0 saturated heterocycles. The van der Waals surface area contributed by atoms with Gasteiger partial charge in [-0.15, -0.1) is 0 Å². The highest BCUT2D eigenvalue weighted by Gasteiger charge is 2.18. The maximum atomic E-state index is 11.5. The SMILES string of the molecule is CNC(=O)C(N)c1ccc(OC)c(C)c1C. The maximum absolute atomic E-state index is 11.5. The zero-order valence-corrected chi connectivity index (χ0v) is 10.1. The van der Waals surface area contributed by atoms with Gasteiger partial charge in [0.25, 0.3) is 0 Å². The van der Waals surface area contributed by atoms with E-state index in [1.54, 1.807) is 14.2 Å². The molecule has 0 aromatic heterocycles. The molecule has 0 heterocycles. The number of methoxy groups -OCH3 is 1. The van der Waals surface area contributed by atoms with Crippen LogP contribution in [0.5, 0.6) is 5.75 Å². The molecule has 1 rings (SSSR count). The largest absolute Gasteiger partial charge is 0.496 e. The van der Waals surface area contributed by atoms with E-state index in [1.165, 1.54) is 0 Å². The standard InChI is InChI=1S/C12H18N2O2/c1-7-8(2)10(16-4)6-5-9(7)11(13)12(15)14-3/h5-6,11H,13H2,1-4H3,(H,14,15). The number of rotatable bonds is 3. The predicted octanol–water partition coefficient (Wildman–Crippen LogP) is 1.06. The Morgan fingerprint density at radius 2 is 2.00 bits per heavy atom. The third kappa shape index (κ3) is 2.17. The molecule has 4 nitrogen and oxygen atoms in total. The van der Waals surface area contributed by atoms with E-state index in [9.17, 15) is 4.79 Å². The van der Waals surface area contributed by atoms with Gasteiger partial charge < -0.3 is 15.8 Å². The van der Waals surface area contributed by atoms with E-state index in [0.717, 1.165) is 22.4 Å². The molecule has 1 atom stereocenters. The van der Waals surface area contributed by atoms with Gasteiger partial charge in [0.05, 0.1) is 7.11 Å². The number of hydrogen-bond acceptors (Lipinski definition) is 3. The summed E-state index contributed by atoms with van der Waals surface area (Å²) < 4.78 is 5.21. The van der Waals surface area contributed by atoms with Gasteiger partial charge in [0.1, 0.15) is 11.8 Å². The molecule has 0 saturated carbocycles. The van der Waals surface area contributed by atoms with Gasteiger partial charge in [0.15, 0.2) is 0 Å². The van der Waals surface area contributed by atoms with Gasteiger partial charge >= 0.3 is 0 Å². The summed E-state index contributed by atoms with van der Waals surface area (Å²) in [6.07, 6.45) is 0. The topological polar surface area (TPSA) is 64.4 Å². The first-order chi connectivity index (χ1) is 7.52. The summed E-state index contributed by atoms with van der Waals surface area (Å²) in [5, 5.41) is 2.54. The van der Waals surface area contributed by atoms with Crippen molar-refractivity contribution < 1.29 is 9.53 Å². The van der Waals surface area contributed by atoms with Gasteiger partial charge in [-0.1, -0.05) is 6.07 Å². The van der Waals surface area contributed by atoms with E-state index in [1.807, 2.05) is 26.0 Å². The van der Waals surface area contributed by atoms with Gasteiger partial charge in [-0.2, -0.15) is 0 Å². The highest BCUT2D eigenvalue weighted by atomic mass is 16.5. The van der Waals surface area contributed by atoms with Crippen LogP contribution in [0.15, 0.2) is 12.1 Å². The lowest BCUT2D eigenvalue weighted by Gasteiger charge is -2.16. The predicted molar refractivity (Wildman–Crippen MR) is 63.5 cm³/mol. The van der Waals surface area contributed by atoms with Crippen molar-refractivity contribution >= 4 is 5.91 Å². The molecule has 1 amide bonds. The van der Waals surface area contributed by atoms with Crippen molar-refractivity contribution in [2.45, 2.75) is 19.9 Å². The average Bonchev–Trinajstić information content (AvgIpc) is 2.30. The summed E-state index contributed by atoms with van der Waals surface area (Å²) in [5.74, 6) is 0.623. The zero-order chi connectivity index (χ0) is 12.3. The summed E-state index contributed by atoms with van der Waals surface area (Å²) in [5.41, 5.74) is 8.70. The Bertz CT molecular complexity index is 402. The summed E-state index contributed by atoms with van der Waals surface area (Å²) in [7, 11) is 3.20. The molecule has 88 valence electrons. The Labute approximate surface area is 95.8 Å². The van der Waals surface area contributed by atoms with E-state index in [0.29, 0.717) is 0 Å². The quantitative estimate of drug-likeness (QED) is 0.803. The van der Waals surface area contributed by atoms with Crippen LogP contribution in [0.3, 0.4) is 0 Å². The molecular weight excluding hydrogens is 204 g/mol. The minimum Gasteiger partial charge on any atom is -0.496 e. The second-order valence-electron chi connectivity index (χ2n) is 3.70. The smallest absolute Gasteiger partial charge is 0.241 e. The molecule has 0 bridgehead atoms. The molecular formula is C12H18N2O2. The lowest BCUT2D eigenvalue weighted by Crippen LogP contribution is -2.32. The molecule has 1 aromatic carbocycles. The Morgan fingerprint density at radius 1 is 1.38 bits per heavy atom. The van der Waals surface area contributed by atoms with Crippen molar-refractivity contribution in [1.29, 1.82) is 0 Å². The molecule has 4 heteroatoms. The Hall–Kier alpha value is -1.55. The van der Waals surface area contributed by atoms with Gasteiger partial charge in [-0.25, -0.2) is 0 Å². The lowest BCUT2D eigenvalue weighted by atomic mass is 9.97. The molecule has 16 heavy (non-hydrogen) atoms. The zero-order valence-electron chi connectivity index (χ0n) is 10.1. The van der Waals surface area contributed by atoms with Crippen LogP contribution in [0.1, 0.15) is 22.7 Å². The average molecular weight is 222 g/mol. The van der Waals surface area contributed by atoms with E-state index in [4.69, 9.17) is 10.5 Å². The molecule has 0 aliphatic carbocycles. The van der Waals surface area contributed by atoms with Crippen molar-refractivity contribution in [3.63, 3.8) is 0 Å². The molecule has 3 N–H and O–H groups in total. The number of ether oxygens (including phenoxy) is 1. The number of carbonyl (C=O) groups is 1. The van der Waals surface area contributed by atoms with E-state index in [-0.39, 0.29) is 5.91 Å². The second-order valence-corrected chi connectivity index (χ2v) is 3.70. The minimum atomic E-state index is -0.630. The van der Waals surface area contributed by atoms with Crippen LogP contribution >= 0.6 is 0 Å². The minimum absolute atomic E-state index is 0.187. The maximum Gasteiger partial charge on any atom is 0.241 e. The molecule has 1 unspecified atom stereocenters. The molecule has 0 fully saturated rings. The van der Waals surface area contributed by atoms with E-state index in [2.05, 4.69) is 5.32 Å². The van der Waals surface area contributed by atoms with Crippen LogP contribution in [0.4, 0.5) is 0 Å². The van der Waals surface area contributed by atoms with Crippen LogP contribution in [0.25, 0.3) is 0 Å². The summed E-state index contributed by atoms with van der Waals surface area (Å²) in [6.45, 7) is 3.89. The monoisotopic (exact) mass is 222 g/mol. The third-order valence-electron chi connectivity index (χ3n) is 2.86. The number of hydrogen-bond donors (Lipinski definition) is 2. The molecule has 0 aliphatic heterocycles. The van der Waals surface area contributed by atoms with Gasteiger partial charge in [0, 0.05) is 7.05 Å². The first-order valence-electron chi connectivity index (χ1n) is 5.14. The number of likely N-dealkylation sites (N-methyl/N-ethyl adjacent to an activating group) is 1. The van der Waals surface area contributed by atoms with Crippen LogP contribution in [-0.4, -0.2) is 20.1 Å². The van der Waals surface area contributed by atoms with E-state index < -0.39 is 6.04 Å². The van der Waals surface area contributed by atoms with Gasteiger partial charge in [0.2, 0.25) is 5.91 Å². The lowest BCUT2D eigenvalue weighted by molar-refractivity contribution is -0.122. The van der Waals surface area contributed by atoms with Crippen LogP contribution < -0.4 is 15.8 Å². The summed E-state index contributed by atoms with van der Waals surface area (Å²) in [6, 6.07) is 3.04. The summed E-state index contributed by atoms with van der Waals surface area (Å²) in [4.78, 5) is 11.5. The van der Waals surface area contributed by atoms with E-state index >= 15 is 0 Å². The van der Waals surface area contributed by atoms with Gasteiger partial charge in [-0.05, 0) is 36.6 Å². The number of nitrogens with two attached hydrogens (primary N) is 1. The molecule has 1 aromatic rings. The normalized spacial score (nSPS) is 12.1. The van der Waals surface area contributed by atoms with Gasteiger partial charge in [-0.3, -0.25) is 4.79 Å². The van der Waals surface area contributed by atoms with Crippen LogP contribution in [-0.2, 0) is 4.79 Å². The molecule has 0 spiro atoms. The molecule has 0 radical (unpaired) electrons. The Morgan fingerprint density at radius 3 is 2.50 bits per heavy atom. The first-order valence-corrected chi connectivity index (χ1v) is 5.14. The van der Waals surface area contributed by atoms with Crippen LogP contribution in [0.2, 0.25) is 0 Å². The number of nitrogens with one attached hydrogen (secondary N) is 1. The first kappa shape index (κ1) is 12.5.